The number of hydrogen-bond acceptors (Lipinski definition) is 8. The molecule has 7 atom stereocenters. The van der Waals surface area contributed by atoms with Crippen LogP contribution in [0.25, 0.3) is 0 Å². The quantitative estimate of drug-likeness (QED) is 0.577. The number of aliphatic carboxylic acids is 1. The first-order valence-corrected chi connectivity index (χ1v) is 11.3. The van der Waals surface area contributed by atoms with Crippen LogP contribution < -0.4 is 14.8 Å². The Morgan fingerprint density at radius 1 is 1.06 bits per heavy atom. The molecule has 0 aliphatic carbocycles. The van der Waals surface area contributed by atoms with Crippen molar-refractivity contribution >= 4 is 11.9 Å². The van der Waals surface area contributed by atoms with Gasteiger partial charge in [0.25, 0.3) is 0 Å². The summed E-state index contributed by atoms with van der Waals surface area (Å²) in [6.07, 6.45) is -5.14. The van der Waals surface area contributed by atoms with Gasteiger partial charge in [-0.05, 0) is 31.2 Å². The minimum Gasteiger partial charge on any atom is -0.497 e. The number of ether oxygens (including phenoxy) is 6. The number of nitrogens with one attached hydrogen (secondary N) is 1. The average molecular weight is 488 g/mol. The molecule has 0 saturated carbocycles. The van der Waals surface area contributed by atoms with Crippen LogP contribution in [0.15, 0.2) is 54.6 Å². The minimum atomic E-state index is -1.17. The molecule has 0 aromatic heterocycles. The van der Waals surface area contributed by atoms with Crippen LogP contribution in [0.1, 0.15) is 25.7 Å². The van der Waals surface area contributed by atoms with Crippen molar-refractivity contribution in [3.8, 4) is 11.5 Å². The van der Waals surface area contributed by atoms with Crippen LogP contribution >= 0.6 is 0 Å². The van der Waals surface area contributed by atoms with Gasteiger partial charge in [0, 0.05) is 12.5 Å². The predicted octanol–water partition coefficient (Wildman–Crippen LogP) is 2.28. The van der Waals surface area contributed by atoms with E-state index in [9.17, 15) is 14.7 Å². The Morgan fingerprint density at radius 2 is 1.74 bits per heavy atom. The zero-order chi connectivity index (χ0) is 24.9. The summed E-state index contributed by atoms with van der Waals surface area (Å²) in [6, 6.07) is 15.3. The fourth-order valence-corrected chi connectivity index (χ4v) is 4.08. The van der Waals surface area contributed by atoms with Gasteiger partial charge in [-0.2, -0.15) is 0 Å². The molecule has 1 amide bonds. The Kier molecular flexibility index (Phi) is 7.86. The topological polar surface area (TPSA) is 122 Å². The zero-order valence-electron chi connectivity index (χ0n) is 19.7. The standard InChI is InChI=1S/C25H29NO9/c1-14(23(28)29)32-22-20(26-15(2)27)25(33-18-11-9-17(30-3)10-12-18)34-19-13-31-24(35-21(19)22)16-7-5-4-6-8-16/h4-12,14,19-22,24-25H,13H2,1-3H3,(H,26,27)(H,28,29). The third-order valence-electron chi connectivity index (χ3n) is 5.80. The molecule has 7 unspecified atom stereocenters. The van der Waals surface area contributed by atoms with Crippen LogP contribution in [0.2, 0.25) is 0 Å². The largest absolute Gasteiger partial charge is 0.497 e. The van der Waals surface area contributed by atoms with Crippen LogP contribution in [0.5, 0.6) is 11.5 Å². The van der Waals surface area contributed by atoms with Gasteiger partial charge in [-0.3, -0.25) is 4.79 Å². The predicted molar refractivity (Wildman–Crippen MR) is 122 cm³/mol. The lowest BCUT2D eigenvalue weighted by molar-refractivity contribution is -0.340. The summed E-state index contributed by atoms with van der Waals surface area (Å²) >= 11 is 0. The van der Waals surface area contributed by atoms with Gasteiger partial charge in [0.1, 0.15) is 35.9 Å². The molecule has 35 heavy (non-hydrogen) atoms. The van der Waals surface area contributed by atoms with E-state index in [1.54, 1.807) is 31.4 Å². The molecule has 10 heteroatoms. The van der Waals surface area contributed by atoms with Gasteiger partial charge in [0.15, 0.2) is 12.4 Å². The first-order valence-electron chi connectivity index (χ1n) is 11.3. The molecule has 2 aliphatic heterocycles. The Balaban J connectivity index is 1.63. The Morgan fingerprint density at radius 3 is 2.37 bits per heavy atom. The number of carboxylic acid groups (broad SMARTS) is 1. The second-order valence-electron chi connectivity index (χ2n) is 8.32. The molecular weight excluding hydrogens is 458 g/mol. The highest BCUT2D eigenvalue weighted by Gasteiger charge is 2.52. The maximum absolute atomic E-state index is 12.1. The van der Waals surface area contributed by atoms with Gasteiger partial charge >= 0.3 is 5.97 Å². The maximum Gasteiger partial charge on any atom is 0.332 e. The number of benzene rings is 2. The van der Waals surface area contributed by atoms with Crippen molar-refractivity contribution < 1.29 is 43.1 Å². The SMILES string of the molecule is COc1ccc(OC2OC3COC(c4ccccc4)OC3C(OC(C)C(=O)O)C2NC(C)=O)cc1. The summed E-state index contributed by atoms with van der Waals surface area (Å²) in [4.78, 5) is 23.8. The van der Waals surface area contributed by atoms with E-state index in [0.29, 0.717) is 11.5 Å². The normalized spacial score (nSPS) is 28.9. The number of rotatable bonds is 8. The van der Waals surface area contributed by atoms with Gasteiger partial charge in [-0.25, -0.2) is 4.79 Å². The average Bonchev–Trinajstić information content (AvgIpc) is 2.86. The third kappa shape index (κ3) is 5.91. The smallest absolute Gasteiger partial charge is 0.332 e. The van der Waals surface area contributed by atoms with Crippen LogP contribution in [-0.4, -0.2) is 67.4 Å². The second-order valence-corrected chi connectivity index (χ2v) is 8.32. The van der Waals surface area contributed by atoms with E-state index in [4.69, 9.17) is 28.4 Å². The van der Waals surface area contributed by atoms with Crippen molar-refractivity contribution in [1.29, 1.82) is 0 Å². The van der Waals surface area contributed by atoms with E-state index in [1.165, 1.54) is 13.8 Å². The summed E-state index contributed by atoms with van der Waals surface area (Å²) in [5.74, 6) is -0.384. The van der Waals surface area contributed by atoms with Crippen LogP contribution in [0.3, 0.4) is 0 Å². The van der Waals surface area contributed by atoms with Crippen LogP contribution in [0, 0.1) is 0 Å². The summed E-state index contributed by atoms with van der Waals surface area (Å²) in [5, 5.41) is 12.3. The Hall–Kier alpha value is -3.18. The van der Waals surface area contributed by atoms with E-state index < -0.39 is 49.0 Å². The lowest BCUT2D eigenvalue weighted by Crippen LogP contribution is -2.68. The molecule has 2 N–H and O–H groups in total. The molecule has 2 fully saturated rings. The van der Waals surface area contributed by atoms with Crippen molar-refractivity contribution in [2.75, 3.05) is 13.7 Å². The number of carboxylic acids is 1. The molecule has 2 heterocycles. The van der Waals surface area contributed by atoms with Crippen LogP contribution in [-0.2, 0) is 28.5 Å². The van der Waals surface area contributed by atoms with Gasteiger partial charge < -0.3 is 38.8 Å². The van der Waals surface area contributed by atoms with Crippen molar-refractivity contribution in [1.82, 2.24) is 5.32 Å². The first-order chi connectivity index (χ1) is 16.9. The third-order valence-corrected chi connectivity index (χ3v) is 5.80. The molecule has 2 aliphatic rings. The van der Waals surface area contributed by atoms with Crippen molar-refractivity contribution in [3.05, 3.63) is 60.2 Å². The number of carbonyl (C=O) groups excluding carboxylic acids is 1. The molecule has 4 rings (SSSR count). The van der Waals surface area contributed by atoms with E-state index in [1.807, 2.05) is 30.3 Å². The number of amides is 1. The summed E-state index contributed by atoms with van der Waals surface area (Å²) in [5.41, 5.74) is 0.795. The highest BCUT2D eigenvalue weighted by Crippen LogP contribution is 2.36. The van der Waals surface area contributed by atoms with E-state index in [2.05, 4.69) is 5.32 Å². The molecule has 0 spiro atoms. The van der Waals surface area contributed by atoms with E-state index in [0.717, 1.165) is 5.56 Å². The first kappa shape index (κ1) is 24.9. The Bertz CT molecular complexity index is 1000. The second kappa shape index (κ2) is 11.0. The zero-order valence-corrected chi connectivity index (χ0v) is 19.7. The van der Waals surface area contributed by atoms with Gasteiger partial charge in [-0.1, -0.05) is 30.3 Å². The number of methoxy groups -OCH3 is 1. The van der Waals surface area contributed by atoms with Crippen molar-refractivity contribution in [2.45, 2.75) is 56.9 Å². The highest BCUT2D eigenvalue weighted by atomic mass is 16.8. The summed E-state index contributed by atoms with van der Waals surface area (Å²) in [6.45, 7) is 2.93. The molecule has 2 aromatic carbocycles. The van der Waals surface area contributed by atoms with Crippen molar-refractivity contribution in [2.24, 2.45) is 0 Å². The molecule has 2 saturated heterocycles. The van der Waals surface area contributed by atoms with Crippen molar-refractivity contribution in [3.63, 3.8) is 0 Å². The monoisotopic (exact) mass is 487 g/mol. The molecule has 10 nitrogen and oxygen atoms in total. The summed E-state index contributed by atoms with van der Waals surface area (Å²) < 4.78 is 35.5. The Labute approximate surface area is 203 Å². The molecule has 2 aromatic rings. The number of carbonyl (C=O) groups is 2. The van der Waals surface area contributed by atoms with E-state index >= 15 is 0 Å². The molecule has 0 bridgehead atoms. The van der Waals surface area contributed by atoms with E-state index in [-0.39, 0.29) is 12.5 Å². The molecule has 0 radical (unpaired) electrons. The minimum absolute atomic E-state index is 0.154. The van der Waals surface area contributed by atoms with Gasteiger partial charge in [-0.15, -0.1) is 0 Å². The fraction of sp³-hybridized carbons (Fsp3) is 0.440. The number of fused-ring (bicyclic) bond motifs is 1. The van der Waals surface area contributed by atoms with Crippen LogP contribution in [0.4, 0.5) is 0 Å². The lowest BCUT2D eigenvalue weighted by atomic mass is 9.95. The highest BCUT2D eigenvalue weighted by molar-refractivity contribution is 5.73. The number of hydrogen-bond donors (Lipinski definition) is 2. The lowest BCUT2D eigenvalue weighted by Gasteiger charge is -2.49. The summed E-state index contributed by atoms with van der Waals surface area (Å²) in [7, 11) is 1.56. The van der Waals surface area contributed by atoms with Gasteiger partial charge in [0.2, 0.25) is 12.2 Å². The van der Waals surface area contributed by atoms with Gasteiger partial charge in [0.05, 0.1) is 13.7 Å². The maximum atomic E-state index is 12.1. The fourth-order valence-electron chi connectivity index (χ4n) is 4.08. The molecule has 188 valence electrons. The molecular formula is C25H29NO9.